The van der Waals surface area contributed by atoms with Crippen LogP contribution in [0, 0.1) is 0 Å². The first kappa shape index (κ1) is 9.26. The average molecular weight is 171 g/mol. The van der Waals surface area contributed by atoms with E-state index in [2.05, 4.69) is 5.32 Å². The molecular weight excluding hydrogens is 157 g/mol. The van der Waals surface area contributed by atoms with E-state index in [9.17, 15) is 4.39 Å². The van der Waals surface area contributed by atoms with Crippen LogP contribution in [0.1, 0.15) is 12.2 Å². The minimum atomic E-state index is -0.242. The van der Waals surface area contributed by atoms with E-state index >= 15 is 0 Å². The quantitative estimate of drug-likeness (QED) is 0.660. The second-order valence-electron chi connectivity index (χ2n) is 2.62. The van der Waals surface area contributed by atoms with Gasteiger partial charge in [-0.05, 0) is 25.1 Å². The number of halogens is 1. The molecule has 1 heterocycles. The highest BCUT2D eigenvalue weighted by molar-refractivity contribution is 4.98. The van der Waals surface area contributed by atoms with Crippen molar-refractivity contribution < 1.29 is 8.81 Å². The lowest BCUT2D eigenvalue weighted by Gasteiger charge is -1.99. The van der Waals surface area contributed by atoms with Crippen LogP contribution in [-0.4, -0.2) is 19.8 Å². The average Bonchev–Trinajstić information content (AvgIpc) is 2.57. The lowest BCUT2D eigenvalue weighted by Crippen LogP contribution is -2.18. The summed E-state index contributed by atoms with van der Waals surface area (Å²) in [6.45, 7) is 1.36. The smallest absolute Gasteiger partial charge is 0.105 e. The lowest BCUT2D eigenvalue weighted by atomic mass is 10.3. The molecule has 0 saturated carbocycles. The minimum Gasteiger partial charge on any atom is -0.469 e. The van der Waals surface area contributed by atoms with Crippen molar-refractivity contribution in [2.45, 2.75) is 12.8 Å². The van der Waals surface area contributed by atoms with Gasteiger partial charge in [-0.3, -0.25) is 4.39 Å². The van der Waals surface area contributed by atoms with Gasteiger partial charge in [0.05, 0.1) is 12.9 Å². The van der Waals surface area contributed by atoms with Gasteiger partial charge in [0.1, 0.15) is 5.76 Å². The summed E-state index contributed by atoms with van der Waals surface area (Å²) < 4.78 is 16.8. The van der Waals surface area contributed by atoms with Crippen LogP contribution in [0.15, 0.2) is 22.8 Å². The molecule has 0 saturated heterocycles. The van der Waals surface area contributed by atoms with Crippen molar-refractivity contribution in [2.75, 3.05) is 19.8 Å². The summed E-state index contributed by atoms with van der Waals surface area (Å²) in [6.07, 6.45) is 3.13. The Labute approximate surface area is 71.8 Å². The number of nitrogens with one attached hydrogen (secondary N) is 1. The van der Waals surface area contributed by atoms with Crippen molar-refractivity contribution in [1.29, 1.82) is 0 Å². The molecule has 0 aliphatic heterocycles. The summed E-state index contributed by atoms with van der Waals surface area (Å²) in [6, 6.07) is 3.81. The number of hydrogen-bond donors (Lipinski definition) is 1. The molecule has 0 amide bonds. The highest BCUT2D eigenvalue weighted by atomic mass is 19.1. The fourth-order valence-electron chi connectivity index (χ4n) is 0.983. The molecule has 0 aromatic carbocycles. The maximum atomic E-state index is 11.6. The molecule has 0 aliphatic rings. The Bertz CT molecular complexity index is 186. The number of hydrogen-bond acceptors (Lipinski definition) is 2. The fourth-order valence-corrected chi connectivity index (χ4v) is 0.983. The van der Waals surface area contributed by atoms with Crippen molar-refractivity contribution in [1.82, 2.24) is 5.32 Å². The highest BCUT2D eigenvalue weighted by Gasteiger charge is 1.93. The second kappa shape index (κ2) is 5.77. The maximum Gasteiger partial charge on any atom is 0.105 e. The van der Waals surface area contributed by atoms with E-state index in [1.807, 2.05) is 12.1 Å². The summed E-state index contributed by atoms with van der Waals surface area (Å²) in [5.74, 6) is 0.975. The van der Waals surface area contributed by atoms with Crippen molar-refractivity contribution in [2.24, 2.45) is 0 Å². The zero-order valence-electron chi connectivity index (χ0n) is 7.05. The van der Waals surface area contributed by atoms with Gasteiger partial charge < -0.3 is 9.73 Å². The van der Waals surface area contributed by atoms with Gasteiger partial charge in [-0.2, -0.15) is 0 Å². The van der Waals surface area contributed by atoms with E-state index in [0.29, 0.717) is 6.42 Å². The molecule has 0 bridgehead atoms. The molecule has 0 unspecified atom stereocenters. The van der Waals surface area contributed by atoms with E-state index in [0.717, 1.165) is 25.3 Å². The van der Waals surface area contributed by atoms with E-state index in [4.69, 9.17) is 4.42 Å². The summed E-state index contributed by atoms with van der Waals surface area (Å²) in [7, 11) is 0. The molecule has 2 nitrogen and oxygen atoms in total. The maximum absolute atomic E-state index is 11.6. The van der Waals surface area contributed by atoms with Crippen LogP contribution in [0.5, 0.6) is 0 Å². The molecule has 0 fully saturated rings. The Morgan fingerprint density at radius 3 is 3.00 bits per heavy atom. The SMILES string of the molecule is FCCCNCCc1ccco1. The Hall–Kier alpha value is -0.830. The van der Waals surface area contributed by atoms with Gasteiger partial charge in [-0.15, -0.1) is 0 Å². The van der Waals surface area contributed by atoms with Gasteiger partial charge in [-0.25, -0.2) is 0 Å². The predicted molar refractivity (Wildman–Crippen MR) is 45.9 cm³/mol. The molecule has 1 N–H and O–H groups in total. The Balaban J connectivity index is 1.96. The van der Waals surface area contributed by atoms with Gasteiger partial charge in [0, 0.05) is 13.0 Å². The normalized spacial score (nSPS) is 10.4. The number of alkyl halides is 1. The molecular formula is C9H14FNO. The second-order valence-corrected chi connectivity index (χ2v) is 2.62. The fraction of sp³-hybridized carbons (Fsp3) is 0.556. The predicted octanol–water partition coefficient (Wildman–Crippen LogP) is 1.77. The van der Waals surface area contributed by atoms with Crippen molar-refractivity contribution >= 4 is 0 Å². The standard InChI is InChI=1S/C9H14FNO/c10-5-2-6-11-7-4-9-3-1-8-12-9/h1,3,8,11H,2,4-7H2. The van der Waals surface area contributed by atoms with Crippen LogP contribution in [0.3, 0.4) is 0 Å². The summed E-state index contributed by atoms with van der Waals surface area (Å²) >= 11 is 0. The van der Waals surface area contributed by atoms with E-state index in [-0.39, 0.29) is 6.67 Å². The summed E-state index contributed by atoms with van der Waals surface area (Å²) in [4.78, 5) is 0. The van der Waals surface area contributed by atoms with Crippen LogP contribution in [0.4, 0.5) is 4.39 Å². The van der Waals surface area contributed by atoms with E-state index in [1.54, 1.807) is 6.26 Å². The third kappa shape index (κ3) is 3.53. The Morgan fingerprint density at radius 2 is 2.33 bits per heavy atom. The molecule has 0 atom stereocenters. The Morgan fingerprint density at radius 1 is 1.42 bits per heavy atom. The summed E-state index contributed by atoms with van der Waals surface area (Å²) in [5, 5.41) is 3.12. The zero-order chi connectivity index (χ0) is 8.65. The summed E-state index contributed by atoms with van der Waals surface area (Å²) in [5.41, 5.74) is 0. The van der Waals surface area contributed by atoms with E-state index < -0.39 is 0 Å². The minimum absolute atomic E-state index is 0.242. The topological polar surface area (TPSA) is 25.2 Å². The van der Waals surface area contributed by atoms with Crippen molar-refractivity contribution in [3.63, 3.8) is 0 Å². The third-order valence-corrected chi connectivity index (χ3v) is 1.62. The van der Waals surface area contributed by atoms with Gasteiger partial charge in [0.25, 0.3) is 0 Å². The Kier molecular flexibility index (Phi) is 4.46. The molecule has 0 spiro atoms. The van der Waals surface area contributed by atoms with Crippen LogP contribution in [-0.2, 0) is 6.42 Å². The molecule has 3 heteroatoms. The third-order valence-electron chi connectivity index (χ3n) is 1.62. The van der Waals surface area contributed by atoms with E-state index in [1.165, 1.54) is 0 Å². The molecule has 0 aliphatic carbocycles. The van der Waals surface area contributed by atoms with Crippen LogP contribution >= 0.6 is 0 Å². The van der Waals surface area contributed by atoms with Gasteiger partial charge in [0.2, 0.25) is 0 Å². The first-order valence-electron chi connectivity index (χ1n) is 4.22. The zero-order valence-corrected chi connectivity index (χ0v) is 7.05. The molecule has 1 aromatic rings. The number of rotatable bonds is 6. The van der Waals surface area contributed by atoms with Crippen molar-refractivity contribution in [3.05, 3.63) is 24.2 Å². The largest absolute Gasteiger partial charge is 0.469 e. The van der Waals surface area contributed by atoms with Crippen LogP contribution in [0.25, 0.3) is 0 Å². The first-order valence-corrected chi connectivity index (χ1v) is 4.22. The first-order chi connectivity index (χ1) is 5.93. The van der Waals surface area contributed by atoms with Crippen LogP contribution in [0.2, 0.25) is 0 Å². The molecule has 12 heavy (non-hydrogen) atoms. The number of furan rings is 1. The lowest BCUT2D eigenvalue weighted by molar-refractivity contribution is 0.454. The molecule has 68 valence electrons. The molecule has 1 rings (SSSR count). The molecule has 0 radical (unpaired) electrons. The van der Waals surface area contributed by atoms with Gasteiger partial charge in [-0.1, -0.05) is 0 Å². The van der Waals surface area contributed by atoms with Gasteiger partial charge >= 0.3 is 0 Å². The highest BCUT2D eigenvalue weighted by Crippen LogP contribution is 1.99. The monoisotopic (exact) mass is 171 g/mol. The van der Waals surface area contributed by atoms with Crippen molar-refractivity contribution in [3.8, 4) is 0 Å². The molecule has 1 aromatic heterocycles. The van der Waals surface area contributed by atoms with Crippen LogP contribution < -0.4 is 5.32 Å². The van der Waals surface area contributed by atoms with Gasteiger partial charge in [0.15, 0.2) is 0 Å².